The van der Waals surface area contributed by atoms with Gasteiger partial charge < -0.3 is 0 Å². The third-order valence-corrected chi connectivity index (χ3v) is 4.89. The van der Waals surface area contributed by atoms with E-state index in [9.17, 15) is 8.42 Å². The van der Waals surface area contributed by atoms with Gasteiger partial charge in [0.2, 0.25) is 0 Å². The molecule has 4 heteroatoms. The number of hydrogen-bond donors (Lipinski definition) is 1. The van der Waals surface area contributed by atoms with Crippen molar-refractivity contribution in [2.75, 3.05) is 4.72 Å². The summed E-state index contributed by atoms with van der Waals surface area (Å²) in [7, 11) is -3.50. The van der Waals surface area contributed by atoms with Crippen molar-refractivity contribution < 1.29 is 8.42 Å². The molecule has 0 atom stereocenters. The molecule has 3 rings (SSSR count). The van der Waals surface area contributed by atoms with Crippen molar-refractivity contribution >= 4 is 21.8 Å². The van der Waals surface area contributed by atoms with Gasteiger partial charge in [-0.1, -0.05) is 42.5 Å². The lowest BCUT2D eigenvalue weighted by Crippen LogP contribution is -2.13. The maximum atomic E-state index is 12.3. The van der Waals surface area contributed by atoms with E-state index < -0.39 is 10.0 Å². The smallest absolute Gasteiger partial charge is 0.255 e. The van der Waals surface area contributed by atoms with Crippen LogP contribution in [0.4, 0.5) is 5.69 Å². The molecule has 2 aromatic carbocycles. The third-order valence-electron chi connectivity index (χ3n) is 3.89. The van der Waals surface area contributed by atoms with E-state index in [1.807, 2.05) is 42.5 Å². The van der Waals surface area contributed by atoms with Gasteiger partial charge in [0.05, 0.1) is 11.1 Å². The molecule has 1 aliphatic carbocycles. The first kappa shape index (κ1) is 14.9. The van der Waals surface area contributed by atoms with Crippen LogP contribution < -0.4 is 4.72 Å². The lowest BCUT2D eigenvalue weighted by molar-refractivity contribution is 0.609. The Morgan fingerprint density at radius 2 is 1.68 bits per heavy atom. The zero-order valence-corrected chi connectivity index (χ0v) is 13.1. The minimum absolute atomic E-state index is 0.718. The number of sulfonamides is 1. The normalized spacial score (nSPS) is 14.7. The van der Waals surface area contributed by atoms with Crippen molar-refractivity contribution in [2.24, 2.45) is 0 Å². The molecular formula is C18H19NO2S. The first-order valence-corrected chi connectivity index (χ1v) is 9.05. The fourth-order valence-electron chi connectivity index (χ4n) is 2.80. The van der Waals surface area contributed by atoms with Crippen LogP contribution in [0, 0.1) is 0 Å². The van der Waals surface area contributed by atoms with Gasteiger partial charge in [-0.3, -0.25) is 4.72 Å². The maximum absolute atomic E-state index is 12.3. The van der Waals surface area contributed by atoms with Gasteiger partial charge in [0, 0.05) is 0 Å². The van der Waals surface area contributed by atoms with E-state index in [0.717, 1.165) is 36.1 Å². The van der Waals surface area contributed by atoms with Crippen molar-refractivity contribution in [2.45, 2.75) is 25.7 Å². The Morgan fingerprint density at radius 1 is 0.909 bits per heavy atom. The highest BCUT2D eigenvalue weighted by Crippen LogP contribution is 2.28. The first-order valence-electron chi connectivity index (χ1n) is 7.51. The molecule has 0 spiro atoms. The molecule has 3 nitrogen and oxygen atoms in total. The van der Waals surface area contributed by atoms with Gasteiger partial charge in [-0.25, -0.2) is 8.42 Å². The Bertz CT molecular complexity index is 780. The number of hydrogen-bond acceptors (Lipinski definition) is 2. The minimum Gasteiger partial charge on any atom is -0.280 e. The van der Waals surface area contributed by atoms with Crippen molar-refractivity contribution in [1.29, 1.82) is 0 Å². The van der Waals surface area contributed by atoms with E-state index >= 15 is 0 Å². The molecule has 0 aliphatic heterocycles. The Kier molecular flexibility index (Phi) is 4.29. The van der Waals surface area contributed by atoms with Crippen LogP contribution in [0.1, 0.15) is 29.5 Å². The molecule has 0 heterocycles. The Labute approximate surface area is 131 Å². The molecule has 22 heavy (non-hydrogen) atoms. The summed E-state index contributed by atoms with van der Waals surface area (Å²) in [6.07, 6.45) is 5.88. The zero-order chi connectivity index (χ0) is 15.4. The summed E-state index contributed by atoms with van der Waals surface area (Å²) in [6, 6.07) is 15.3. The predicted octanol–water partition coefficient (Wildman–Crippen LogP) is 3.98. The second-order valence-corrected chi connectivity index (χ2v) is 7.08. The number of rotatable bonds is 4. The van der Waals surface area contributed by atoms with Crippen molar-refractivity contribution in [3.63, 3.8) is 0 Å². The molecule has 0 fully saturated rings. The molecule has 0 bridgehead atoms. The quantitative estimate of drug-likeness (QED) is 0.928. The SMILES string of the molecule is O=S(=O)(/C=C/c1ccccc1)Nc1cccc2c1CCCC2. The van der Waals surface area contributed by atoms with Crippen LogP contribution in [-0.2, 0) is 22.9 Å². The van der Waals surface area contributed by atoms with Crippen LogP contribution in [0.5, 0.6) is 0 Å². The lowest BCUT2D eigenvalue weighted by Gasteiger charge is -2.19. The summed E-state index contributed by atoms with van der Waals surface area (Å²) in [4.78, 5) is 0. The largest absolute Gasteiger partial charge is 0.280 e. The number of benzene rings is 2. The fraction of sp³-hybridized carbons (Fsp3) is 0.222. The van der Waals surface area contributed by atoms with Gasteiger partial charge in [0.1, 0.15) is 0 Å². The molecule has 1 aliphatic rings. The highest BCUT2D eigenvalue weighted by Gasteiger charge is 2.15. The molecule has 2 aromatic rings. The van der Waals surface area contributed by atoms with Gasteiger partial charge >= 0.3 is 0 Å². The van der Waals surface area contributed by atoms with E-state index in [1.54, 1.807) is 6.08 Å². The van der Waals surface area contributed by atoms with E-state index in [0.29, 0.717) is 0 Å². The number of fused-ring (bicyclic) bond motifs is 1. The van der Waals surface area contributed by atoms with E-state index in [2.05, 4.69) is 10.8 Å². The topological polar surface area (TPSA) is 46.2 Å². The number of nitrogens with one attached hydrogen (secondary N) is 1. The van der Waals surface area contributed by atoms with Crippen LogP contribution in [-0.4, -0.2) is 8.42 Å². The molecule has 0 unspecified atom stereocenters. The van der Waals surface area contributed by atoms with Crippen molar-refractivity contribution in [3.8, 4) is 0 Å². The molecule has 0 radical (unpaired) electrons. The van der Waals surface area contributed by atoms with Gasteiger partial charge in [0.15, 0.2) is 0 Å². The van der Waals surface area contributed by atoms with Crippen molar-refractivity contribution in [3.05, 3.63) is 70.6 Å². The van der Waals surface area contributed by atoms with Crippen LogP contribution in [0.15, 0.2) is 53.9 Å². The Morgan fingerprint density at radius 3 is 2.50 bits per heavy atom. The zero-order valence-electron chi connectivity index (χ0n) is 12.3. The van der Waals surface area contributed by atoms with E-state index in [1.165, 1.54) is 17.4 Å². The summed E-state index contributed by atoms with van der Waals surface area (Å²) in [5, 5.41) is 1.23. The highest BCUT2D eigenvalue weighted by molar-refractivity contribution is 7.95. The van der Waals surface area contributed by atoms with Gasteiger partial charge in [-0.2, -0.15) is 0 Å². The molecular weight excluding hydrogens is 294 g/mol. The average molecular weight is 313 g/mol. The minimum atomic E-state index is -3.50. The van der Waals surface area contributed by atoms with Crippen LogP contribution in [0.2, 0.25) is 0 Å². The fourth-order valence-corrected chi connectivity index (χ4v) is 3.70. The standard InChI is InChI=1S/C18H19NO2S/c20-22(21,14-13-15-7-2-1-3-8-15)19-18-12-6-10-16-9-4-5-11-17(16)18/h1-3,6-8,10,12-14,19H,4-5,9,11H2/b14-13+. The average Bonchev–Trinajstić information content (AvgIpc) is 2.54. The predicted molar refractivity (Wildman–Crippen MR) is 91.1 cm³/mol. The van der Waals surface area contributed by atoms with Crippen LogP contribution in [0.3, 0.4) is 0 Å². The lowest BCUT2D eigenvalue weighted by atomic mass is 9.91. The number of anilines is 1. The Hall–Kier alpha value is -2.07. The molecule has 0 amide bonds. The van der Waals surface area contributed by atoms with Gasteiger partial charge in [-0.05, 0) is 54.5 Å². The summed E-state index contributed by atoms with van der Waals surface area (Å²) in [5.41, 5.74) is 3.99. The number of aryl methyl sites for hydroxylation is 1. The molecule has 1 N–H and O–H groups in total. The van der Waals surface area contributed by atoms with Crippen LogP contribution >= 0.6 is 0 Å². The maximum Gasteiger partial charge on any atom is 0.255 e. The summed E-state index contributed by atoms with van der Waals surface area (Å²) >= 11 is 0. The second-order valence-electron chi connectivity index (χ2n) is 5.51. The van der Waals surface area contributed by atoms with Gasteiger partial charge in [-0.15, -0.1) is 0 Å². The van der Waals surface area contributed by atoms with E-state index in [4.69, 9.17) is 0 Å². The molecule has 0 saturated carbocycles. The summed E-state index contributed by atoms with van der Waals surface area (Å²) in [5.74, 6) is 0. The van der Waals surface area contributed by atoms with Crippen LogP contribution in [0.25, 0.3) is 6.08 Å². The summed E-state index contributed by atoms with van der Waals surface area (Å²) in [6.45, 7) is 0. The summed E-state index contributed by atoms with van der Waals surface area (Å²) < 4.78 is 27.2. The molecule has 0 aromatic heterocycles. The third kappa shape index (κ3) is 3.57. The molecule has 0 saturated heterocycles. The first-order chi connectivity index (χ1) is 10.6. The van der Waals surface area contributed by atoms with E-state index in [-0.39, 0.29) is 0 Å². The molecule has 114 valence electrons. The monoisotopic (exact) mass is 313 g/mol. The van der Waals surface area contributed by atoms with Gasteiger partial charge in [0.25, 0.3) is 10.0 Å². The second kappa shape index (κ2) is 6.36. The highest BCUT2D eigenvalue weighted by atomic mass is 32.2. The Balaban J connectivity index is 1.82. The van der Waals surface area contributed by atoms with Crippen molar-refractivity contribution in [1.82, 2.24) is 0 Å².